The normalized spacial score (nSPS) is 14.7. The number of benzene rings is 1. The summed E-state index contributed by atoms with van der Waals surface area (Å²) < 4.78 is 7.42. The maximum Gasteiger partial charge on any atom is 0.316 e. The Labute approximate surface area is 140 Å². The molecule has 0 spiro atoms. The molecular formula is C17H21N3O2S. The van der Waals surface area contributed by atoms with Crippen molar-refractivity contribution in [1.82, 2.24) is 14.8 Å². The average molecular weight is 331 g/mol. The number of thioether (sulfide) groups is 1. The number of carbonyl (C=O) groups excluding carboxylic acids is 1. The van der Waals surface area contributed by atoms with Crippen molar-refractivity contribution < 1.29 is 9.53 Å². The molecule has 0 saturated heterocycles. The lowest BCUT2D eigenvalue weighted by atomic mass is 10.2. The van der Waals surface area contributed by atoms with E-state index in [1.807, 2.05) is 51.1 Å². The molecule has 1 fully saturated rings. The molecule has 6 heteroatoms. The average Bonchev–Trinajstić information content (AvgIpc) is 3.24. The second kappa shape index (κ2) is 6.35. The smallest absolute Gasteiger partial charge is 0.316 e. The number of ether oxygens (including phenoxy) is 1. The van der Waals surface area contributed by atoms with Gasteiger partial charge in [0.1, 0.15) is 11.4 Å². The van der Waals surface area contributed by atoms with Crippen LogP contribution in [0.15, 0.2) is 35.5 Å². The highest BCUT2D eigenvalue weighted by Crippen LogP contribution is 2.41. The first-order valence-electron chi connectivity index (χ1n) is 7.79. The van der Waals surface area contributed by atoms with Gasteiger partial charge < -0.3 is 4.74 Å². The molecule has 1 aromatic heterocycles. The monoisotopic (exact) mass is 331 g/mol. The molecule has 2 aromatic rings. The quantitative estimate of drug-likeness (QED) is 0.619. The number of esters is 1. The van der Waals surface area contributed by atoms with Crippen LogP contribution in [-0.2, 0) is 9.53 Å². The number of nitrogens with zero attached hydrogens (tertiary/aromatic N) is 3. The molecule has 5 nitrogen and oxygen atoms in total. The summed E-state index contributed by atoms with van der Waals surface area (Å²) >= 11 is 1.37. The molecule has 1 aliphatic carbocycles. The zero-order chi connectivity index (χ0) is 16.4. The Morgan fingerprint density at radius 3 is 2.57 bits per heavy atom. The van der Waals surface area contributed by atoms with E-state index in [9.17, 15) is 4.79 Å². The minimum absolute atomic E-state index is 0.229. The molecule has 1 heterocycles. The number of hydrogen-bond donors (Lipinski definition) is 0. The van der Waals surface area contributed by atoms with Crippen LogP contribution in [0.2, 0.25) is 0 Å². The van der Waals surface area contributed by atoms with Crippen LogP contribution in [0.3, 0.4) is 0 Å². The molecule has 3 rings (SSSR count). The van der Waals surface area contributed by atoms with Crippen molar-refractivity contribution in [1.29, 1.82) is 0 Å². The van der Waals surface area contributed by atoms with E-state index in [4.69, 9.17) is 4.74 Å². The molecule has 0 N–H and O–H groups in total. The van der Waals surface area contributed by atoms with Gasteiger partial charge in [-0.05, 0) is 45.7 Å². The van der Waals surface area contributed by atoms with Crippen molar-refractivity contribution in [3.05, 3.63) is 36.2 Å². The van der Waals surface area contributed by atoms with Crippen molar-refractivity contribution in [2.24, 2.45) is 0 Å². The molecule has 0 aliphatic heterocycles. The maximum atomic E-state index is 11.9. The Hall–Kier alpha value is -1.82. The van der Waals surface area contributed by atoms with E-state index in [0.717, 1.165) is 29.5 Å². The van der Waals surface area contributed by atoms with Crippen LogP contribution >= 0.6 is 11.8 Å². The Kier molecular flexibility index (Phi) is 4.43. The summed E-state index contributed by atoms with van der Waals surface area (Å²) in [7, 11) is 0. The number of aromatic nitrogens is 3. The van der Waals surface area contributed by atoms with Crippen LogP contribution in [0, 0.1) is 0 Å². The number of rotatable bonds is 5. The molecule has 23 heavy (non-hydrogen) atoms. The largest absolute Gasteiger partial charge is 0.459 e. The lowest BCUT2D eigenvalue weighted by Crippen LogP contribution is -2.25. The first-order valence-corrected chi connectivity index (χ1v) is 8.78. The molecular weight excluding hydrogens is 310 g/mol. The van der Waals surface area contributed by atoms with Crippen molar-refractivity contribution in [2.75, 3.05) is 5.75 Å². The molecule has 122 valence electrons. The second-order valence-electron chi connectivity index (χ2n) is 6.66. The molecule has 1 aliphatic rings. The molecule has 1 saturated carbocycles. The Balaban J connectivity index is 1.79. The van der Waals surface area contributed by atoms with Crippen molar-refractivity contribution >= 4 is 17.7 Å². The lowest BCUT2D eigenvalue weighted by molar-refractivity contribution is -0.151. The molecule has 1 aromatic carbocycles. The Bertz CT molecular complexity index is 688. The molecule has 0 amide bonds. The molecule has 0 radical (unpaired) electrons. The summed E-state index contributed by atoms with van der Waals surface area (Å²) in [5, 5.41) is 9.38. The van der Waals surface area contributed by atoms with Gasteiger partial charge in [0.15, 0.2) is 5.16 Å². The van der Waals surface area contributed by atoms with Gasteiger partial charge in [-0.25, -0.2) is 0 Å². The minimum atomic E-state index is -0.468. The van der Waals surface area contributed by atoms with Crippen LogP contribution in [-0.4, -0.2) is 32.1 Å². The minimum Gasteiger partial charge on any atom is -0.459 e. The van der Waals surface area contributed by atoms with E-state index in [1.165, 1.54) is 11.8 Å². The SMILES string of the molecule is CC(C)(C)OC(=O)CSc1nnc(C2CC2)n1-c1ccccc1. The van der Waals surface area contributed by atoms with Crippen LogP contribution in [0.5, 0.6) is 0 Å². The van der Waals surface area contributed by atoms with Gasteiger partial charge in [-0.1, -0.05) is 30.0 Å². The standard InChI is InChI=1S/C17H21N3O2S/c1-17(2,3)22-14(21)11-23-16-19-18-15(12-9-10-12)20(16)13-7-5-4-6-8-13/h4-8,12H,9-11H2,1-3H3. The highest BCUT2D eigenvalue weighted by molar-refractivity contribution is 7.99. The number of carbonyl (C=O) groups is 1. The summed E-state index contributed by atoms with van der Waals surface area (Å²) in [4.78, 5) is 11.9. The Morgan fingerprint density at radius 2 is 1.96 bits per heavy atom. The van der Waals surface area contributed by atoms with E-state index >= 15 is 0 Å². The van der Waals surface area contributed by atoms with Gasteiger partial charge in [0.25, 0.3) is 0 Å². The third-order valence-electron chi connectivity index (χ3n) is 3.35. The van der Waals surface area contributed by atoms with Crippen LogP contribution in [0.4, 0.5) is 0 Å². The molecule has 0 bridgehead atoms. The van der Waals surface area contributed by atoms with E-state index in [0.29, 0.717) is 5.92 Å². The fraction of sp³-hybridized carbons (Fsp3) is 0.471. The topological polar surface area (TPSA) is 57.0 Å². The summed E-state index contributed by atoms with van der Waals surface area (Å²) in [5.74, 6) is 1.46. The van der Waals surface area contributed by atoms with Gasteiger partial charge in [-0.15, -0.1) is 10.2 Å². The predicted molar refractivity (Wildman–Crippen MR) is 89.9 cm³/mol. The van der Waals surface area contributed by atoms with E-state index in [1.54, 1.807) is 0 Å². The second-order valence-corrected chi connectivity index (χ2v) is 7.60. The van der Waals surface area contributed by atoms with E-state index < -0.39 is 5.60 Å². The maximum absolute atomic E-state index is 11.9. The fourth-order valence-corrected chi connectivity index (χ4v) is 3.03. The van der Waals surface area contributed by atoms with Crippen LogP contribution < -0.4 is 0 Å². The van der Waals surface area contributed by atoms with E-state index in [-0.39, 0.29) is 11.7 Å². The first-order chi connectivity index (χ1) is 10.9. The summed E-state index contributed by atoms with van der Waals surface area (Å²) in [5.41, 5.74) is 0.565. The highest BCUT2D eigenvalue weighted by Gasteiger charge is 2.31. The van der Waals surface area contributed by atoms with Gasteiger partial charge in [0.05, 0.1) is 5.75 Å². The third kappa shape index (κ3) is 4.13. The zero-order valence-electron chi connectivity index (χ0n) is 13.7. The molecule has 0 unspecified atom stereocenters. The zero-order valence-corrected chi connectivity index (χ0v) is 14.5. The summed E-state index contributed by atoms with van der Waals surface area (Å²) in [6.07, 6.45) is 2.31. The number of para-hydroxylation sites is 1. The van der Waals surface area contributed by atoms with Crippen molar-refractivity contribution in [2.45, 2.75) is 50.3 Å². The lowest BCUT2D eigenvalue weighted by Gasteiger charge is -2.19. The van der Waals surface area contributed by atoms with Crippen LogP contribution in [0.1, 0.15) is 45.4 Å². The highest BCUT2D eigenvalue weighted by atomic mass is 32.2. The van der Waals surface area contributed by atoms with Gasteiger partial charge in [0, 0.05) is 11.6 Å². The van der Waals surface area contributed by atoms with Crippen LogP contribution in [0.25, 0.3) is 5.69 Å². The molecule has 0 atom stereocenters. The fourth-order valence-electron chi connectivity index (χ4n) is 2.29. The van der Waals surface area contributed by atoms with Crippen molar-refractivity contribution in [3.8, 4) is 5.69 Å². The number of hydrogen-bond acceptors (Lipinski definition) is 5. The first kappa shape index (κ1) is 16.1. The summed E-state index contributed by atoms with van der Waals surface area (Å²) in [6, 6.07) is 10.0. The Morgan fingerprint density at radius 1 is 1.26 bits per heavy atom. The third-order valence-corrected chi connectivity index (χ3v) is 4.26. The summed E-state index contributed by atoms with van der Waals surface area (Å²) in [6.45, 7) is 5.60. The van der Waals surface area contributed by atoms with Gasteiger partial charge in [-0.3, -0.25) is 9.36 Å². The van der Waals surface area contributed by atoms with Crippen molar-refractivity contribution in [3.63, 3.8) is 0 Å². The van der Waals surface area contributed by atoms with Gasteiger partial charge in [-0.2, -0.15) is 0 Å². The van der Waals surface area contributed by atoms with Gasteiger partial charge in [0.2, 0.25) is 0 Å². The van der Waals surface area contributed by atoms with Gasteiger partial charge >= 0.3 is 5.97 Å². The van der Waals surface area contributed by atoms with E-state index in [2.05, 4.69) is 14.8 Å². The predicted octanol–water partition coefficient (Wildman–Crippen LogP) is 3.58.